The molecule has 0 radical (unpaired) electrons. The monoisotopic (exact) mass is 358 g/mol. The number of carbonyl (C=O) groups is 2. The van der Waals surface area contributed by atoms with Gasteiger partial charge in [-0.15, -0.1) is 0 Å². The lowest BCUT2D eigenvalue weighted by molar-refractivity contribution is -0.385. The number of para-hydroxylation sites is 1. The molecule has 1 heterocycles. The van der Waals surface area contributed by atoms with Crippen LogP contribution < -0.4 is 0 Å². The summed E-state index contributed by atoms with van der Waals surface area (Å²) in [5.41, 5.74) is 0.708. The molecule has 126 valence electrons. The van der Waals surface area contributed by atoms with E-state index in [4.69, 9.17) is 0 Å². The number of hydrogen-bond donors (Lipinski definition) is 0. The maximum Gasteiger partial charge on any atom is 0.293 e. The van der Waals surface area contributed by atoms with Crippen LogP contribution in [0.3, 0.4) is 0 Å². The Kier molecular flexibility index (Phi) is 4.62. The first-order chi connectivity index (χ1) is 12.0. The lowest BCUT2D eigenvalue weighted by Gasteiger charge is -2.12. The quantitative estimate of drug-likeness (QED) is 0.469. The SMILES string of the molecule is O=C1S/C(=C\c2ccc(F)cc2)C(=O)N1Cc1ccccc1[N+](=O)[O-]. The number of benzene rings is 2. The Morgan fingerprint density at radius 1 is 1.12 bits per heavy atom. The first-order valence-electron chi connectivity index (χ1n) is 7.19. The van der Waals surface area contributed by atoms with Crippen LogP contribution in [0.2, 0.25) is 0 Å². The molecule has 0 atom stereocenters. The van der Waals surface area contributed by atoms with Crippen molar-refractivity contribution in [3.63, 3.8) is 0 Å². The minimum absolute atomic E-state index is 0.149. The topological polar surface area (TPSA) is 80.5 Å². The van der Waals surface area contributed by atoms with Gasteiger partial charge < -0.3 is 0 Å². The summed E-state index contributed by atoms with van der Waals surface area (Å²) in [6.45, 7) is -0.178. The molecule has 25 heavy (non-hydrogen) atoms. The molecule has 3 rings (SSSR count). The van der Waals surface area contributed by atoms with Gasteiger partial charge in [-0.05, 0) is 35.5 Å². The van der Waals surface area contributed by atoms with Gasteiger partial charge in [0, 0.05) is 11.6 Å². The van der Waals surface area contributed by atoms with Crippen LogP contribution in [0.5, 0.6) is 0 Å². The van der Waals surface area contributed by atoms with Crippen molar-refractivity contribution in [1.29, 1.82) is 0 Å². The molecule has 2 aromatic carbocycles. The maximum absolute atomic E-state index is 12.9. The van der Waals surface area contributed by atoms with E-state index < -0.39 is 21.9 Å². The third-order valence-electron chi connectivity index (χ3n) is 3.56. The molecule has 1 aliphatic rings. The molecule has 6 nitrogen and oxygen atoms in total. The Balaban J connectivity index is 1.85. The molecule has 8 heteroatoms. The smallest absolute Gasteiger partial charge is 0.268 e. The Morgan fingerprint density at radius 2 is 1.80 bits per heavy atom. The summed E-state index contributed by atoms with van der Waals surface area (Å²) in [7, 11) is 0. The number of amides is 2. The molecule has 1 aliphatic heterocycles. The standard InChI is InChI=1S/C17H11FN2O4S/c18-13-7-5-11(6-8-13)9-15-16(21)19(17(22)25-15)10-12-3-1-2-4-14(12)20(23)24/h1-9H,10H2/b15-9-. The summed E-state index contributed by atoms with van der Waals surface area (Å²) in [5, 5.41) is 10.6. The van der Waals surface area contributed by atoms with Crippen LogP contribution in [0.1, 0.15) is 11.1 Å². The van der Waals surface area contributed by atoms with E-state index in [0.29, 0.717) is 5.56 Å². The van der Waals surface area contributed by atoms with E-state index in [1.807, 2.05) is 0 Å². The third-order valence-corrected chi connectivity index (χ3v) is 4.47. The fourth-order valence-electron chi connectivity index (χ4n) is 2.34. The first kappa shape index (κ1) is 16.8. The fourth-order valence-corrected chi connectivity index (χ4v) is 3.18. The van der Waals surface area contributed by atoms with E-state index in [0.717, 1.165) is 16.7 Å². The van der Waals surface area contributed by atoms with E-state index in [2.05, 4.69) is 0 Å². The minimum Gasteiger partial charge on any atom is -0.268 e. The van der Waals surface area contributed by atoms with Crippen molar-refractivity contribution >= 4 is 34.7 Å². The zero-order valence-corrected chi connectivity index (χ0v) is 13.5. The largest absolute Gasteiger partial charge is 0.293 e. The highest BCUT2D eigenvalue weighted by atomic mass is 32.2. The predicted molar refractivity (Wildman–Crippen MR) is 91.0 cm³/mol. The van der Waals surface area contributed by atoms with Gasteiger partial charge in [0.25, 0.3) is 16.8 Å². The lowest BCUT2D eigenvalue weighted by Crippen LogP contribution is -2.27. The summed E-state index contributed by atoms with van der Waals surface area (Å²) in [5.74, 6) is -0.931. The van der Waals surface area contributed by atoms with Crippen LogP contribution in [-0.4, -0.2) is 21.0 Å². The molecule has 0 N–H and O–H groups in total. The molecule has 0 aliphatic carbocycles. The average Bonchev–Trinajstić information content (AvgIpc) is 2.85. The predicted octanol–water partition coefficient (Wildman–Crippen LogP) is 3.97. The molecule has 0 unspecified atom stereocenters. The van der Waals surface area contributed by atoms with Gasteiger partial charge in [-0.25, -0.2) is 4.39 Å². The Labute approximate surface area is 146 Å². The second-order valence-corrected chi connectivity index (χ2v) is 6.20. The average molecular weight is 358 g/mol. The normalized spacial score (nSPS) is 15.9. The van der Waals surface area contributed by atoms with Crippen molar-refractivity contribution < 1.29 is 18.9 Å². The van der Waals surface area contributed by atoms with Crippen LogP contribution in [-0.2, 0) is 11.3 Å². The van der Waals surface area contributed by atoms with Crippen LogP contribution in [0.4, 0.5) is 14.9 Å². The van der Waals surface area contributed by atoms with Crippen molar-refractivity contribution in [1.82, 2.24) is 4.90 Å². The Hall–Kier alpha value is -3.00. The fraction of sp³-hybridized carbons (Fsp3) is 0.0588. The molecule has 2 aromatic rings. The van der Waals surface area contributed by atoms with Crippen LogP contribution >= 0.6 is 11.8 Å². The van der Waals surface area contributed by atoms with Gasteiger partial charge >= 0.3 is 0 Å². The molecule has 0 bridgehead atoms. The molecule has 2 amide bonds. The zero-order valence-electron chi connectivity index (χ0n) is 12.7. The van der Waals surface area contributed by atoms with Crippen LogP contribution in [0.25, 0.3) is 6.08 Å². The van der Waals surface area contributed by atoms with Crippen molar-refractivity contribution in [2.75, 3.05) is 0 Å². The Morgan fingerprint density at radius 3 is 2.48 bits per heavy atom. The molecule has 0 saturated carbocycles. The van der Waals surface area contributed by atoms with Gasteiger partial charge in [-0.3, -0.25) is 24.6 Å². The van der Waals surface area contributed by atoms with E-state index in [9.17, 15) is 24.1 Å². The number of carbonyl (C=O) groups excluding carboxylic acids is 2. The van der Waals surface area contributed by atoms with Gasteiger partial charge in [0.05, 0.1) is 16.4 Å². The van der Waals surface area contributed by atoms with E-state index >= 15 is 0 Å². The summed E-state index contributed by atoms with van der Waals surface area (Å²) in [4.78, 5) is 36.2. The highest BCUT2D eigenvalue weighted by Gasteiger charge is 2.36. The highest BCUT2D eigenvalue weighted by molar-refractivity contribution is 8.18. The van der Waals surface area contributed by atoms with Crippen LogP contribution in [0.15, 0.2) is 53.4 Å². The van der Waals surface area contributed by atoms with Crippen molar-refractivity contribution in [3.05, 3.63) is 80.5 Å². The third kappa shape index (κ3) is 3.58. The maximum atomic E-state index is 12.9. The van der Waals surface area contributed by atoms with E-state index in [1.165, 1.54) is 48.5 Å². The number of nitro groups is 1. The van der Waals surface area contributed by atoms with Crippen LogP contribution in [0, 0.1) is 15.9 Å². The molecule has 1 fully saturated rings. The number of rotatable bonds is 4. The van der Waals surface area contributed by atoms with Gasteiger partial charge in [-0.1, -0.05) is 30.3 Å². The number of hydrogen-bond acceptors (Lipinski definition) is 5. The second-order valence-electron chi connectivity index (χ2n) is 5.21. The second kappa shape index (κ2) is 6.86. The number of nitrogens with zero attached hydrogens (tertiary/aromatic N) is 2. The molecular formula is C17H11FN2O4S. The Bertz CT molecular complexity index is 896. The van der Waals surface area contributed by atoms with E-state index in [1.54, 1.807) is 6.07 Å². The summed E-state index contributed by atoms with van der Waals surface area (Å²) in [6.07, 6.45) is 1.49. The molecule has 0 aromatic heterocycles. The van der Waals surface area contributed by atoms with Gasteiger partial charge in [0.1, 0.15) is 5.82 Å². The number of imide groups is 1. The number of thioether (sulfide) groups is 1. The molecular weight excluding hydrogens is 347 g/mol. The highest BCUT2D eigenvalue weighted by Crippen LogP contribution is 2.34. The lowest BCUT2D eigenvalue weighted by atomic mass is 10.1. The molecule has 1 saturated heterocycles. The van der Waals surface area contributed by atoms with Crippen molar-refractivity contribution in [2.45, 2.75) is 6.54 Å². The van der Waals surface area contributed by atoms with Crippen molar-refractivity contribution in [2.24, 2.45) is 0 Å². The summed E-state index contributed by atoms with van der Waals surface area (Å²) in [6, 6.07) is 11.4. The van der Waals surface area contributed by atoms with E-state index in [-0.39, 0.29) is 22.7 Å². The number of nitro benzene ring substituents is 1. The first-order valence-corrected chi connectivity index (χ1v) is 8.00. The zero-order chi connectivity index (χ0) is 18.0. The molecule has 0 spiro atoms. The number of halogens is 1. The van der Waals surface area contributed by atoms with Gasteiger partial charge in [0.2, 0.25) is 0 Å². The minimum atomic E-state index is -0.553. The summed E-state index contributed by atoms with van der Waals surface area (Å²) >= 11 is 0.749. The van der Waals surface area contributed by atoms with Crippen molar-refractivity contribution in [3.8, 4) is 0 Å². The summed E-state index contributed by atoms with van der Waals surface area (Å²) < 4.78 is 12.9. The van der Waals surface area contributed by atoms with Gasteiger partial charge in [0.15, 0.2) is 0 Å². The van der Waals surface area contributed by atoms with Gasteiger partial charge in [-0.2, -0.15) is 0 Å².